The fourth-order valence-electron chi connectivity index (χ4n) is 2.37. The average molecular weight is 266 g/mol. The van der Waals surface area contributed by atoms with Gasteiger partial charge in [-0.15, -0.1) is 0 Å². The second kappa shape index (κ2) is 4.37. The van der Waals surface area contributed by atoms with E-state index in [-0.39, 0.29) is 0 Å². The molecule has 1 saturated heterocycles. The first-order chi connectivity index (χ1) is 8.68. The Morgan fingerprint density at radius 3 is 2.78 bits per heavy atom. The molecule has 0 amide bonds. The van der Waals surface area contributed by atoms with Gasteiger partial charge in [-0.25, -0.2) is 18.4 Å². The zero-order valence-corrected chi connectivity index (χ0v) is 10.8. The van der Waals surface area contributed by atoms with E-state index in [4.69, 9.17) is 0 Å². The number of hydrogen-bond donors (Lipinski definition) is 1. The summed E-state index contributed by atoms with van der Waals surface area (Å²) in [6, 6.07) is 3.58. The van der Waals surface area contributed by atoms with Crippen molar-refractivity contribution in [3.63, 3.8) is 0 Å². The zero-order chi connectivity index (χ0) is 12.6. The standard InChI is InChI=1S/C12H15N3O2S/c16-18(17,15-6-2-1-3-7-15)11-8-10-4-5-13-12(10)14-9-11/h4-5,8-9H,1-3,6-7H2,(H,13,14)/p+1. The molecule has 0 unspecified atom stereocenters. The molecule has 1 fully saturated rings. The summed E-state index contributed by atoms with van der Waals surface area (Å²) in [6.45, 7) is 1.26. The minimum Gasteiger partial charge on any atom is -0.247 e. The Kier molecular flexibility index (Phi) is 2.83. The highest BCUT2D eigenvalue weighted by Gasteiger charge is 2.27. The summed E-state index contributed by atoms with van der Waals surface area (Å²) in [4.78, 5) is 6.34. The van der Waals surface area contributed by atoms with Crippen LogP contribution in [-0.4, -0.2) is 30.8 Å². The van der Waals surface area contributed by atoms with Gasteiger partial charge in [-0.05, 0) is 25.0 Å². The third-order valence-electron chi connectivity index (χ3n) is 3.39. The van der Waals surface area contributed by atoms with Crippen molar-refractivity contribution in [3.8, 4) is 0 Å². The number of nitrogens with zero attached hydrogens (tertiary/aromatic N) is 1. The van der Waals surface area contributed by atoms with Gasteiger partial charge in [-0.2, -0.15) is 4.31 Å². The molecule has 0 spiro atoms. The van der Waals surface area contributed by atoms with Crippen LogP contribution in [0.1, 0.15) is 19.3 Å². The van der Waals surface area contributed by atoms with Gasteiger partial charge < -0.3 is 0 Å². The van der Waals surface area contributed by atoms with Crippen molar-refractivity contribution in [2.75, 3.05) is 13.1 Å². The van der Waals surface area contributed by atoms with Crippen molar-refractivity contribution < 1.29 is 13.4 Å². The molecule has 3 heterocycles. The number of hydrogen-bond acceptors (Lipinski definition) is 2. The number of H-pyrrole nitrogens is 2. The highest BCUT2D eigenvalue weighted by atomic mass is 32.2. The van der Waals surface area contributed by atoms with E-state index >= 15 is 0 Å². The van der Waals surface area contributed by atoms with Crippen LogP contribution in [0.25, 0.3) is 11.0 Å². The van der Waals surface area contributed by atoms with Crippen LogP contribution in [-0.2, 0) is 10.0 Å². The van der Waals surface area contributed by atoms with E-state index in [0.29, 0.717) is 18.0 Å². The molecule has 2 N–H and O–H groups in total. The van der Waals surface area contributed by atoms with Crippen molar-refractivity contribution in [3.05, 3.63) is 24.5 Å². The van der Waals surface area contributed by atoms with Crippen molar-refractivity contribution in [1.82, 2.24) is 9.29 Å². The maximum atomic E-state index is 12.4. The number of rotatable bonds is 2. The minimum atomic E-state index is -3.34. The van der Waals surface area contributed by atoms with Crippen molar-refractivity contribution in [2.24, 2.45) is 0 Å². The highest BCUT2D eigenvalue weighted by molar-refractivity contribution is 7.89. The third kappa shape index (κ3) is 1.91. The molecule has 0 aliphatic carbocycles. The largest absolute Gasteiger partial charge is 0.284 e. The van der Waals surface area contributed by atoms with Gasteiger partial charge in [0, 0.05) is 13.1 Å². The topological polar surface area (TPSA) is 67.3 Å². The predicted octanol–water partition coefficient (Wildman–Crippen LogP) is 1.16. The van der Waals surface area contributed by atoms with Crippen LogP contribution in [0.2, 0.25) is 0 Å². The number of sulfonamides is 1. The molecule has 96 valence electrons. The van der Waals surface area contributed by atoms with E-state index in [1.165, 1.54) is 0 Å². The first kappa shape index (κ1) is 11.7. The summed E-state index contributed by atoms with van der Waals surface area (Å²) in [7, 11) is -3.34. The second-order valence-corrected chi connectivity index (χ2v) is 6.55. The van der Waals surface area contributed by atoms with Crippen LogP contribution in [0.15, 0.2) is 29.4 Å². The van der Waals surface area contributed by atoms with Crippen molar-refractivity contribution >= 4 is 21.1 Å². The molecule has 18 heavy (non-hydrogen) atoms. The van der Waals surface area contributed by atoms with Gasteiger partial charge >= 0.3 is 0 Å². The summed E-state index contributed by atoms with van der Waals surface area (Å²) < 4.78 is 26.5. The minimum absolute atomic E-state index is 0.344. The molecular formula is C12H16N3O2S+. The molecule has 0 atom stereocenters. The van der Waals surface area contributed by atoms with Gasteiger partial charge in [0.25, 0.3) is 5.65 Å². The maximum absolute atomic E-state index is 12.4. The molecular weight excluding hydrogens is 250 g/mol. The molecule has 6 heteroatoms. The van der Waals surface area contributed by atoms with Gasteiger partial charge in [0.15, 0.2) is 0 Å². The quantitative estimate of drug-likeness (QED) is 0.886. The fraction of sp³-hybridized carbons (Fsp3) is 0.417. The first-order valence-corrected chi connectivity index (χ1v) is 7.61. The zero-order valence-electron chi connectivity index (χ0n) is 10.0. The Hall–Kier alpha value is -1.40. The average Bonchev–Trinajstić information content (AvgIpc) is 2.87. The Labute approximate surface area is 106 Å². The van der Waals surface area contributed by atoms with E-state index in [1.807, 2.05) is 6.07 Å². The first-order valence-electron chi connectivity index (χ1n) is 6.17. The molecule has 0 saturated carbocycles. The highest BCUT2D eigenvalue weighted by Crippen LogP contribution is 2.21. The number of pyridine rings is 1. The van der Waals surface area contributed by atoms with Crippen molar-refractivity contribution in [2.45, 2.75) is 24.2 Å². The van der Waals surface area contributed by atoms with Crippen LogP contribution in [0.3, 0.4) is 0 Å². The summed E-state index contributed by atoms with van der Waals surface area (Å²) in [6.07, 6.45) is 6.38. The number of nitrogens with one attached hydrogen (secondary N) is 2. The lowest BCUT2D eigenvalue weighted by Crippen LogP contribution is -2.36. The lowest BCUT2D eigenvalue weighted by molar-refractivity contribution is -0.350. The van der Waals surface area contributed by atoms with Crippen LogP contribution in [0.4, 0.5) is 0 Å². The number of fused-ring (bicyclic) bond motifs is 1. The molecule has 0 bridgehead atoms. The maximum Gasteiger partial charge on any atom is 0.284 e. The third-order valence-corrected chi connectivity index (χ3v) is 5.26. The molecule has 0 radical (unpaired) electrons. The number of aromatic nitrogens is 2. The van der Waals surface area contributed by atoms with Crippen LogP contribution in [0.5, 0.6) is 0 Å². The van der Waals surface area contributed by atoms with Crippen LogP contribution in [0, 0.1) is 0 Å². The Morgan fingerprint density at radius 1 is 1.22 bits per heavy atom. The van der Waals surface area contributed by atoms with E-state index < -0.39 is 10.0 Å². The predicted molar refractivity (Wildman–Crippen MR) is 67.5 cm³/mol. The Balaban J connectivity index is 2.01. The van der Waals surface area contributed by atoms with Crippen LogP contribution < -0.4 is 4.98 Å². The summed E-state index contributed by atoms with van der Waals surface area (Å²) >= 11 is 0. The van der Waals surface area contributed by atoms with E-state index in [1.54, 1.807) is 22.8 Å². The molecule has 1 aliphatic heterocycles. The van der Waals surface area contributed by atoms with E-state index in [9.17, 15) is 8.42 Å². The smallest absolute Gasteiger partial charge is 0.247 e. The molecule has 3 rings (SSSR count). The van der Waals surface area contributed by atoms with Crippen molar-refractivity contribution in [1.29, 1.82) is 0 Å². The van der Waals surface area contributed by atoms with Gasteiger partial charge in [-0.1, -0.05) is 6.42 Å². The molecule has 2 aromatic heterocycles. The number of piperidine rings is 1. The van der Waals surface area contributed by atoms with Gasteiger partial charge in [-0.3, -0.25) is 0 Å². The van der Waals surface area contributed by atoms with Gasteiger partial charge in [0.1, 0.15) is 11.1 Å². The molecule has 2 aromatic rings. The Bertz CT molecular complexity index is 657. The normalized spacial score (nSPS) is 18.2. The van der Waals surface area contributed by atoms with Gasteiger partial charge in [0.2, 0.25) is 10.0 Å². The number of aromatic amines is 2. The summed E-state index contributed by atoms with van der Waals surface area (Å²) in [5.74, 6) is 0. The lowest BCUT2D eigenvalue weighted by Gasteiger charge is -2.25. The Morgan fingerprint density at radius 2 is 2.00 bits per heavy atom. The lowest BCUT2D eigenvalue weighted by atomic mass is 10.2. The molecule has 5 nitrogen and oxygen atoms in total. The monoisotopic (exact) mass is 266 g/mol. The fourth-order valence-corrected chi connectivity index (χ4v) is 3.89. The molecule has 1 aliphatic rings. The van der Waals surface area contributed by atoms with Gasteiger partial charge in [0.05, 0.1) is 11.6 Å². The summed E-state index contributed by atoms with van der Waals surface area (Å²) in [5.41, 5.74) is 0.840. The van der Waals surface area contributed by atoms with E-state index in [2.05, 4.69) is 9.97 Å². The van der Waals surface area contributed by atoms with E-state index in [0.717, 1.165) is 30.3 Å². The SMILES string of the molecule is O=S(=O)(c1c[nH+]c2[nH]ccc2c1)N1CCCCC1. The summed E-state index contributed by atoms with van der Waals surface area (Å²) in [5, 5.41) is 0.882. The molecule has 0 aromatic carbocycles. The second-order valence-electron chi connectivity index (χ2n) is 4.61. The van der Waals surface area contributed by atoms with Crippen LogP contribution >= 0.6 is 0 Å².